The van der Waals surface area contributed by atoms with E-state index in [1.54, 1.807) is 6.20 Å². The van der Waals surface area contributed by atoms with E-state index in [4.69, 9.17) is 10.5 Å². The van der Waals surface area contributed by atoms with Crippen molar-refractivity contribution in [1.82, 2.24) is 4.98 Å². The smallest absolute Gasteiger partial charge is 0.130 e. The van der Waals surface area contributed by atoms with E-state index in [9.17, 15) is 0 Å². The van der Waals surface area contributed by atoms with Crippen molar-refractivity contribution in [3.05, 3.63) is 53.3 Å². The first kappa shape index (κ1) is 12.2. The van der Waals surface area contributed by atoms with E-state index in [1.807, 2.05) is 18.2 Å². The van der Waals surface area contributed by atoms with Gasteiger partial charge in [0, 0.05) is 18.8 Å². The molecule has 0 atom stereocenters. The third-order valence-corrected chi connectivity index (χ3v) is 3.55. The fourth-order valence-corrected chi connectivity index (χ4v) is 2.54. The van der Waals surface area contributed by atoms with Crippen LogP contribution < -0.4 is 10.5 Å². The van der Waals surface area contributed by atoms with Gasteiger partial charge < -0.3 is 10.5 Å². The summed E-state index contributed by atoms with van der Waals surface area (Å²) >= 11 is 0. The molecule has 1 aliphatic rings. The van der Waals surface area contributed by atoms with Gasteiger partial charge in [0.25, 0.3) is 0 Å². The highest BCUT2D eigenvalue weighted by molar-refractivity contribution is 5.39. The molecule has 0 radical (unpaired) electrons. The summed E-state index contributed by atoms with van der Waals surface area (Å²) < 4.78 is 5.89. The van der Waals surface area contributed by atoms with Gasteiger partial charge in [0.15, 0.2) is 0 Å². The molecule has 0 unspecified atom stereocenters. The molecular formula is C16H18N2O. The second-order valence-electron chi connectivity index (χ2n) is 4.93. The number of nitrogens with zero attached hydrogens (tertiary/aromatic N) is 1. The molecule has 1 aliphatic carbocycles. The fraction of sp³-hybridized carbons (Fsp3) is 0.312. The number of aryl methyl sites for hydroxylation is 2. The summed E-state index contributed by atoms with van der Waals surface area (Å²) in [4.78, 5) is 4.16. The SMILES string of the molecule is NCc1cc(Oc2ccc3c(c2)CCCC3)ccn1. The van der Waals surface area contributed by atoms with Gasteiger partial charge in [-0.15, -0.1) is 0 Å². The Kier molecular flexibility index (Phi) is 3.47. The lowest BCUT2D eigenvalue weighted by Crippen LogP contribution is -2.02. The molecule has 3 rings (SSSR count). The van der Waals surface area contributed by atoms with E-state index >= 15 is 0 Å². The Labute approximate surface area is 113 Å². The van der Waals surface area contributed by atoms with Crippen molar-refractivity contribution < 1.29 is 4.74 Å². The monoisotopic (exact) mass is 254 g/mol. The zero-order valence-electron chi connectivity index (χ0n) is 10.9. The number of rotatable bonds is 3. The minimum atomic E-state index is 0.432. The first-order valence-corrected chi connectivity index (χ1v) is 6.80. The Balaban J connectivity index is 1.82. The zero-order valence-corrected chi connectivity index (χ0v) is 10.9. The lowest BCUT2D eigenvalue weighted by molar-refractivity contribution is 0.479. The van der Waals surface area contributed by atoms with Crippen LogP contribution in [-0.4, -0.2) is 4.98 Å². The molecule has 0 spiro atoms. The van der Waals surface area contributed by atoms with Crippen LogP contribution in [0.2, 0.25) is 0 Å². The number of fused-ring (bicyclic) bond motifs is 1. The van der Waals surface area contributed by atoms with E-state index < -0.39 is 0 Å². The normalized spacial score (nSPS) is 13.9. The molecule has 0 saturated carbocycles. The lowest BCUT2D eigenvalue weighted by Gasteiger charge is -2.16. The van der Waals surface area contributed by atoms with Crippen LogP contribution in [0.15, 0.2) is 36.5 Å². The molecule has 0 bridgehead atoms. The molecule has 98 valence electrons. The summed E-state index contributed by atoms with van der Waals surface area (Å²) in [5.74, 6) is 1.70. The summed E-state index contributed by atoms with van der Waals surface area (Å²) in [5.41, 5.74) is 9.32. The largest absolute Gasteiger partial charge is 0.457 e. The van der Waals surface area contributed by atoms with Crippen LogP contribution in [0.4, 0.5) is 0 Å². The van der Waals surface area contributed by atoms with Crippen molar-refractivity contribution in [2.75, 3.05) is 0 Å². The Morgan fingerprint density at radius 2 is 1.79 bits per heavy atom. The van der Waals surface area contributed by atoms with Gasteiger partial charge in [-0.1, -0.05) is 6.07 Å². The van der Waals surface area contributed by atoms with Crippen molar-refractivity contribution in [3.63, 3.8) is 0 Å². The topological polar surface area (TPSA) is 48.1 Å². The molecule has 3 heteroatoms. The Morgan fingerprint density at radius 3 is 2.63 bits per heavy atom. The first-order valence-electron chi connectivity index (χ1n) is 6.80. The van der Waals surface area contributed by atoms with Gasteiger partial charge in [0.05, 0.1) is 5.69 Å². The van der Waals surface area contributed by atoms with Gasteiger partial charge in [0.1, 0.15) is 11.5 Å². The molecule has 0 aliphatic heterocycles. The van der Waals surface area contributed by atoms with Crippen molar-refractivity contribution >= 4 is 0 Å². The Hall–Kier alpha value is -1.87. The van der Waals surface area contributed by atoms with E-state index in [2.05, 4.69) is 17.1 Å². The molecule has 1 aromatic heterocycles. The van der Waals surface area contributed by atoms with Crippen molar-refractivity contribution in [1.29, 1.82) is 0 Å². The van der Waals surface area contributed by atoms with Crippen molar-refractivity contribution in [2.24, 2.45) is 5.73 Å². The molecule has 2 aromatic rings. The minimum Gasteiger partial charge on any atom is -0.457 e. The fourth-order valence-electron chi connectivity index (χ4n) is 2.54. The molecule has 1 heterocycles. The maximum atomic E-state index is 5.89. The van der Waals surface area contributed by atoms with Gasteiger partial charge in [-0.05, 0) is 55.0 Å². The predicted molar refractivity (Wildman–Crippen MR) is 75.3 cm³/mol. The van der Waals surface area contributed by atoms with Gasteiger partial charge >= 0.3 is 0 Å². The number of aromatic nitrogens is 1. The third kappa shape index (κ3) is 2.76. The quantitative estimate of drug-likeness (QED) is 0.915. The van der Waals surface area contributed by atoms with Crippen LogP contribution in [0.25, 0.3) is 0 Å². The van der Waals surface area contributed by atoms with E-state index in [0.29, 0.717) is 6.54 Å². The average molecular weight is 254 g/mol. The molecule has 0 saturated heterocycles. The zero-order chi connectivity index (χ0) is 13.1. The summed E-state index contributed by atoms with van der Waals surface area (Å²) in [5, 5.41) is 0. The van der Waals surface area contributed by atoms with Crippen LogP contribution in [0.3, 0.4) is 0 Å². The molecule has 1 aromatic carbocycles. The molecular weight excluding hydrogens is 236 g/mol. The van der Waals surface area contributed by atoms with Gasteiger partial charge in [-0.25, -0.2) is 0 Å². The van der Waals surface area contributed by atoms with Crippen LogP contribution in [0, 0.1) is 0 Å². The van der Waals surface area contributed by atoms with Crippen LogP contribution in [0.5, 0.6) is 11.5 Å². The lowest BCUT2D eigenvalue weighted by atomic mass is 9.92. The number of hydrogen-bond acceptors (Lipinski definition) is 3. The summed E-state index contributed by atoms with van der Waals surface area (Å²) in [6, 6.07) is 10.1. The van der Waals surface area contributed by atoms with E-state index in [1.165, 1.54) is 30.4 Å². The van der Waals surface area contributed by atoms with E-state index in [-0.39, 0.29) is 0 Å². The molecule has 2 N–H and O–H groups in total. The van der Waals surface area contributed by atoms with Gasteiger partial charge in [-0.3, -0.25) is 4.98 Å². The Morgan fingerprint density at radius 1 is 1.00 bits per heavy atom. The molecule has 0 amide bonds. The molecule has 0 fully saturated rings. The maximum absolute atomic E-state index is 5.89. The Bertz CT molecular complexity index is 581. The highest BCUT2D eigenvalue weighted by Gasteiger charge is 2.10. The number of ether oxygens (including phenoxy) is 1. The van der Waals surface area contributed by atoms with E-state index in [0.717, 1.165) is 23.6 Å². The summed E-state index contributed by atoms with van der Waals surface area (Å²) in [6.07, 6.45) is 6.68. The third-order valence-electron chi connectivity index (χ3n) is 3.55. The number of pyridine rings is 1. The standard InChI is InChI=1S/C16H18N2O/c17-11-14-10-16(7-8-18-14)19-15-6-5-12-3-1-2-4-13(12)9-15/h5-10H,1-4,11,17H2. The number of benzene rings is 1. The molecule has 19 heavy (non-hydrogen) atoms. The second-order valence-corrected chi connectivity index (χ2v) is 4.93. The average Bonchev–Trinajstić information content (AvgIpc) is 2.47. The van der Waals surface area contributed by atoms with Crippen molar-refractivity contribution in [2.45, 2.75) is 32.2 Å². The van der Waals surface area contributed by atoms with Crippen molar-refractivity contribution in [3.8, 4) is 11.5 Å². The maximum Gasteiger partial charge on any atom is 0.130 e. The minimum absolute atomic E-state index is 0.432. The number of nitrogens with two attached hydrogens (primary N) is 1. The second kappa shape index (κ2) is 5.41. The van der Waals surface area contributed by atoms with Crippen LogP contribution >= 0.6 is 0 Å². The van der Waals surface area contributed by atoms with Crippen LogP contribution in [-0.2, 0) is 19.4 Å². The molecule has 3 nitrogen and oxygen atoms in total. The number of hydrogen-bond donors (Lipinski definition) is 1. The van der Waals surface area contributed by atoms with Gasteiger partial charge in [-0.2, -0.15) is 0 Å². The highest BCUT2D eigenvalue weighted by atomic mass is 16.5. The highest BCUT2D eigenvalue weighted by Crippen LogP contribution is 2.28. The van der Waals surface area contributed by atoms with Crippen LogP contribution in [0.1, 0.15) is 29.7 Å². The van der Waals surface area contributed by atoms with Gasteiger partial charge in [0.2, 0.25) is 0 Å². The predicted octanol–water partition coefficient (Wildman–Crippen LogP) is 3.21. The summed E-state index contributed by atoms with van der Waals surface area (Å²) in [7, 11) is 0. The summed E-state index contributed by atoms with van der Waals surface area (Å²) in [6.45, 7) is 0.432. The first-order chi connectivity index (χ1) is 9.35.